The van der Waals surface area contributed by atoms with Gasteiger partial charge in [0.15, 0.2) is 6.29 Å². The Morgan fingerprint density at radius 3 is 2.54 bits per heavy atom. The molecule has 0 unspecified atom stereocenters. The molecule has 0 saturated carbocycles. The molecule has 1 saturated heterocycles. The van der Waals surface area contributed by atoms with Crippen molar-refractivity contribution >= 4 is 12.2 Å². The van der Waals surface area contributed by atoms with Gasteiger partial charge in [0.1, 0.15) is 5.69 Å². The lowest BCUT2D eigenvalue weighted by molar-refractivity contribution is 0.0903. The van der Waals surface area contributed by atoms with E-state index in [9.17, 15) is 9.59 Å². The Morgan fingerprint density at radius 2 is 1.96 bits per heavy atom. The zero-order valence-corrected chi connectivity index (χ0v) is 14.4. The predicted molar refractivity (Wildman–Crippen MR) is 96.5 cm³/mol. The smallest absolute Gasteiger partial charge is 0.270 e. The molecule has 0 radical (unpaired) electrons. The topological polar surface area (TPSA) is 86.1 Å². The molecule has 6 nitrogen and oxygen atoms in total. The molecule has 1 N–H and O–H groups in total. The minimum absolute atomic E-state index is 0.132. The zero-order valence-electron chi connectivity index (χ0n) is 14.4. The highest BCUT2D eigenvalue weighted by molar-refractivity contribution is 5.92. The van der Waals surface area contributed by atoms with E-state index >= 15 is 0 Å². The Hall–Kier alpha value is -3.04. The van der Waals surface area contributed by atoms with Gasteiger partial charge < -0.3 is 5.32 Å². The monoisotopic (exact) mass is 348 g/mol. The number of aromatic nitrogens is 1. The van der Waals surface area contributed by atoms with Gasteiger partial charge in [0, 0.05) is 37.4 Å². The number of nitriles is 1. The van der Waals surface area contributed by atoms with E-state index in [2.05, 4.69) is 21.3 Å². The summed E-state index contributed by atoms with van der Waals surface area (Å²) in [7, 11) is 0. The van der Waals surface area contributed by atoms with E-state index in [-0.39, 0.29) is 11.9 Å². The van der Waals surface area contributed by atoms with Crippen LogP contribution in [0.1, 0.15) is 44.8 Å². The van der Waals surface area contributed by atoms with E-state index < -0.39 is 0 Å². The number of carbonyl (C=O) groups is 2. The van der Waals surface area contributed by atoms with Crippen LogP contribution in [0.15, 0.2) is 42.6 Å². The van der Waals surface area contributed by atoms with Gasteiger partial charge in [-0.25, -0.2) is 0 Å². The molecule has 6 heteroatoms. The van der Waals surface area contributed by atoms with Crippen molar-refractivity contribution in [3.63, 3.8) is 0 Å². The lowest BCUT2D eigenvalue weighted by Crippen LogP contribution is -2.44. The Morgan fingerprint density at radius 1 is 1.23 bits per heavy atom. The Bertz CT molecular complexity index is 801. The molecule has 132 valence electrons. The highest BCUT2D eigenvalue weighted by Gasteiger charge is 2.21. The summed E-state index contributed by atoms with van der Waals surface area (Å²) in [5, 5.41) is 11.9. The number of piperidine rings is 1. The minimum Gasteiger partial charge on any atom is -0.348 e. The van der Waals surface area contributed by atoms with Crippen LogP contribution in [0.2, 0.25) is 0 Å². The van der Waals surface area contributed by atoms with Crippen molar-refractivity contribution in [2.45, 2.75) is 25.4 Å². The maximum atomic E-state index is 12.2. The third kappa shape index (κ3) is 4.52. The van der Waals surface area contributed by atoms with Crippen LogP contribution in [0.25, 0.3) is 0 Å². The van der Waals surface area contributed by atoms with E-state index in [1.54, 1.807) is 12.1 Å². The van der Waals surface area contributed by atoms with Gasteiger partial charge in [-0.2, -0.15) is 5.26 Å². The van der Waals surface area contributed by atoms with Crippen LogP contribution in [0.3, 0.4) is 0 Å². The maximum absolute atomic E-state index is 12.2. The fourth-order valence-corrected chi connectivity index (χ4v) is 3.05. The molecule has 0 spiro atoms. The second-order valence-corrected chi connectivity index (χ2v) is 6.43. The molecule has 2 heterocycles. The molecule has 0 aliphatic carbocycles. The summed E-state index contributed by atoms with van der Waals surface area (Å²) in [6, 6.07) is 13.1. The summed E-state index contributed by atoms with van der Waals surface area (Å²) < 4.78 is 0. The third-order valence-electron chi connectivity index (χ3n) is 4.57. The number of nitrogens with one attached hydrogen (secondary N) is 1. The van der Waals surface area contributed by atoms with Gasteiger partial charge in [-0.05, 0) is 42.7 Å². The molecule has 1 aliphatic heterocycles. The summed E-state index contributed by atoms with van der Waals surface area (Å²) in [4.78, 5) is 29.3. The molecule has 1 aromatic heterocycles. The van der Waals surface area contributed by atoms with Gasteiger partial charge in [-0.15, -0.1) is 0 Å². The first-order valence-electron chi connectivity index (χ1n) is 8.61. The van der Waals surface area contributed by atoms with E-state index in [0.717, 1.165) is 32.5 Å². The second-order valence-electron chi connectivity index (χ2n) is 6.43. The molecule has 1 fully saturated rings. The summed E-state index contributed by atoms with van der Waals surface area (Å²) in [5.41, 5.74) is 2.64. The van der Waals surface area contributed by atoms with Crippen molar-refractivity contribution in [1.29, 1.82) is 5.26 Å². The van der Waals surface area contributed by atoms with Crippen LogP contribution in [-0.2, 0) is 6.54 Å². The van der Waals surface area contributed by atoms with Crippen molar-refractivity contribution in [2.24, 2.45) is 0 Å². The minimum atomic E-state index is -0.201. The number of likely N-dealkylation sites (tertiary alicyclic amines) is 1. The quantitative estimate of drug-likeness (QED) is 0.837. The molecular formula is C20H20N4O2. The van der Waals surface area contributed by atoms with Gasteiger partial charge in [0.2, 0.25) is 0 Å². The van der Waals surface area contributed by atoms with E-state index in [0.29, 0.717) is 23.1 Å². The lowest BCUT2D eigenvalue weighted by Gasteiger charge is -2.32. The standard InChI is InChI=1S/C20H20N4O2/c21-11-15-1-3-16(4-2-15)13-24-9-7-18(8-10-24)23-20(26)19-6-5-17(14-25)12-22-19/h1-6,12,14,18H,7-10,13H2,(H,23,26). The summed E-state index contributed by atoms with van der Waals surface area (Å²) in [6.07, 6.45) is 3.88. The summed E-state index contributed by atoms with van der Waals surface area (Å²) in [5.74, 6) is -0.201. The number of benzene rings is 1. The van der Waals surface area contributed by atoms with Crippen LogP contribution in [0, 0.1) is 11.3 Å². The first-order valence-corrected chi connectivity index (χ1v) is 8.61. The fraction of sp³-hybridized carbons (Fsp3) is 0.300. The van der Waals surface area contributed by atoms with Gasteiger partial charge >= 0.3 is 0 Å². The number of hydrogen-bond acceptors (Lipinski definition) is 5. The number of amides is 1. The zero-order chi connectivity index (χ0) is 18.4. The van der Waals surface area contributed by atoms with Gasteiger partial charge in [0.05, 0.1) is 11.6 Å². The number of rotatable bonds is 5. The fourth-order valence-electron chi connectivity index (χ4n) is 3.05. The first-order chi connectivity index (χ1) is 12.7. The van der Waals surface area contributed by atoms with Crippen LogP contribution in [0.5, 0.6) is 0 Å². The molecule has 1 aromatic carbocycles. The molecule has 3 rings (SSSR count). The normalized spacial score (nSPS) is 15.2. The van der Waals surface area contributed by atoms with Crippen molar-refractivity contribution in [1.82, 2.24) is 15.2 Å². The van der Waals surface area contributed by atoms with Gasteiger partial charge in [0.25, 0.3) is 5.91 Å². The highest BCUT2D eigenvalue weighted by atomic mass is 16.2. The number of nitrogens with zero attached hydrogens (tertiary/aromatic N) is 3. The molecule has 0 bridgehead atoms. The summed E-state index contributed by atoms with van der Waals surface area (Å²) in [6.45, 7) is 2.66. The van der Waals surface area contributed by atoms with E-state index in [1.807, 2.05) is 24.3 Å². The molecule has 26 heavy (non-hydrogen) atoms. The highest BCUT2D eigenvalue weighted by Crippen LogP contribution is 2.15. The largest absolute Gasteiger partial charge is 0.348 e. The number of aldehydes is 1. The van der Waals surface area contributed by atoms with Gasteiger partial charge in [-0.3, -0.25) is 19.5 Å². The van der Waals surface area contributed by atoms with Crippen molar-refractivity contribution in [3.8, 4) is 6.07 Å². The van der Waals surface area contributed by atoms with E-state index in [1.165, 1.54) is 11.8 Å². The average Bonchev–Trinajstić information content (AvgIpc) is 2.70. The van der Waals surface area contributed by atoms with Crippen molar-refractivity contribution in [3.05, 3.63) is 65.0 Å². The number of carbonyl (C=O) groups excluding carboxylic acids is 2. The van der Waals surface area contributed by atoms with E-state index in [4.69, 9.17) is 5.26 Å². The predicted octanol–water partition coefficient (Wildman–Crippen LogP) is 2.16. The van der Waals surface area contributed by atoms with Crippen LogP contribution < -0.4 is 5.32 Å². The Labute approximate surface area is 152 Å². The van der Waals surface area contributed by atoms with Crippen molar-refractivity contribution < 1.29 is 9.59 Å². The second kappa shape index (κ2) is 8.37. The SMILES string of the molecule is N#Cc1ccc(CN2CCC(NC(=O)c3ccc(C=O)cn3)CC2)cc1. The molecule has 0 atom stereocenters. The number of pyridine rings is 1. The van der Waals surface area contributed by atoms with Crippen LogP contribution in [0.4, 0.5) is 0 Å². The van der Waals surface area contributed by atoms with Crippen molar-refractivity contribution in [2.75, 3.05) is 13.1 Å². The maximum Gasteiger partial charge on any atom is 0.270 e. The third-order valence-corrected chi connectivity index (χ3v) is 4.57. The van der Waals surface area contributed by atoms with Gasteiger partial charge in [-0.1, -0.05) is 12.1 Å². The number of hydrogen-bond donors (Lipinski definition) is 1. The molecule has 1 amide bonds. The molecule has 1 aliphatic rings. The van der Waals surface area contributed by atoms with Crippen LogP contribution >= 0.6 is 0 Å². The Kier molecular flexibility index (Phi) is 5.72. The average molecular weight is 348 g/mol. The Balaban J connectivity index is 1.47. The molecular weight excluding hydrogens is 328 g/mol. The lowest BCUT2D eigenvalue weighted by atomic mass is 10.0. The summed E-state index contributed by atoms with van der Waals surface area (Å²) >= 11 is 0. The molecule has 2 aromatic rings. The van der Waals surface area contributed by atoms with Crippen LogP contribution in [-0.4, -0.2) is 41.2 Å². The first kappa shape index (κ1) is 17.8.